The molecular weight excluding hydrogens is 302 g/mol. The molecule has 2 aromatic rings. The SMILES string of the molecule is CCc1cccc(OCC(=O)Nc2ccc(OC)c(Cl)c2)c1. The summed E-state index contributed by atoms with van der Waals surface area (Å²) in [4.78, 5) is 11.9. The minimum absolute atomic E-state index is 0.0587. The maximum absolute atomic E-state index is 11.9. The zero-order chi connectivity index (χ0) is 15.9. The van der Waals surface area contributed by atoms with Crippen LogP contribution in [0.1, 0.15) is 12.5 Å². The zero-order valence-electron chi connectivity index (χ0n) is 12.6. The van der Waals surface area contributed by atoms with Gasteiger partial charge in [0.25, 0.3) is 5.91 Å². The standard InChI is InChI=1S/C17H18ClNO3/c1-3-12-5-4-6-14(9-12)22-11-17(20)19-13-7-8-16(21-2)15(18)10-13/h4-10H,3,11H2,1-2H3,(H,19,20). The van der Waals surface area contributed by atoms with Gasteiger partial charge in [0.15, 0.2) is 6.61 Å². The molecule has 0 fully saturated rings. The maximum atomic E-state index is 11.9. The number of aryl methyl sites for hydroxylation is 1. The molecule has 22 heavy (non-hydrogen) atoms. The number of benzene rings is 2. The monoisotopic (exact) mass is 319 g/mol. The van der Waals surface area contributed by atoms with Crippen LogP contribution in [0.2, 0.25) is 5.02 Å². The van der Waals surface area contributed by atoms with Gasteiger partial charge in [-0.05, 0) is 42.3 Å². The summed E-state index contributed by atoms with van der Waals surface area (Å²) in [5.74, 6) is 0.998. The Hall–Kier alpha value is -2.20. The minimum Gasteiger partial charge on any atom is -0.495 e. The maximum Gasteiger partial charge on any atom is 0.262 e. The van der Waals surface area contributed by atoms with E-state index in [4.69, 9.17) is 21.1 Å². The van der Waals surface area contributed by atoms with Gasteiger partial charge >= 0.3 is 0 Å². The van der Waals surface area contributed by atoms with Crippen LogP contribution in [0.5, 0.6) is 11.5 Å². The molecule has 0 aromatic heterocycles. The van der Waals surface area contributed by atoms with E-state index in [0.29, 0.717) is 22.2 Å². The predicted molar refractivity (Wildman–Crippen MR) is 87.9 cm³/mol. The van der Waals surface area contributed by atoms with Crippen molar-refractivity contribution in [3.05, 3.63) is 53.1 Å². The Labute approximate surface area is 135 Å². The number of carbonyl (C=O) groups is 1. The van der Waals surface area contributed by atoms with Crippen LogP contribution in [-0.4, -0.2) is 19.6 Å². The van der Waals surface area contributed by atoms with Crippen LogP contribution >= 0.6 is 11.6 Å². The molecule has 5 heteroatoms. The van der Waals surface area contributed by atoms with Crippen molar-refractivity contribution in [1.29, 1.82) is 0 Å². The third-order valence-corrected chi connectivity index (χ3v) is 3.41. The first kappa shape index (κ1) is 16.2. The van der Waals surface area contributed by atoms with Gasteiger partial charge in [-0.15, -0.1) is 0 Å². The molecule has 1 N–H and O–H groups in total. The quantitative estimate of drug-likeness (QED) is 0.877. The Morgan fingerprint density at radius 2 is 2.05 bits per heavy atom. The van der Waals surface area contributed by atoms with E-state index in [1.807, 2.05) is 24.3 Å². The summed E-state index contributed by atoms with van der Waals surface area (Å²) < 4.78 is 10.6. The fraction of sp³-hybridized carbons (Fsp3) is 0.235. The van der Waals surface area contributed by atoms with Crippen LogP contribution in [0.4, 0.5) is 5.69 Å². The van der Waals surface area contributed by atoms with E-state index in [1.54, 1.807) is 18.2 Å². The number of ether oxygens (including phenoxy) is 2. The lowest BCUT2D eigenvalue weighted by Gasteiger charge is -2.10. The third-order valence-electron chi connectivity index (χ3n) is 3.11. The molecule has 0 unspecified atom stereocenters. The lowest BCUT2D eigenvalue weighted by Crippen LogP contribution is -2.20. The molecule has 0 aliphatic rings. The number of methoxy groups -OCH3 is 1. The normalized spacial score (nSPS) is 10.1. The van der Waals surface area contributed by atoms with Crippen molar-refractivity contribution in [3.8, 4) is 11.5 Å². The van der Waals surface area contributed by atoms with E-state index in [9.17, 15) is 4.79 Å². The second-order valence-corrected chi connectivity index (χ2v) is 5.09. The first-order valence-corrected chi connectivity index (χ1v) is 7.35. The van der Waals surface area contributed by atoms with Gasteiger partial charge in [-0.1, -0.05) is 30.7 Å². The zero-order valence-corrected chi connectivity index (χ0v) is 13.3. The Balaban J connectivity index is 1.91. The van der Waals surface area contributed by atoms with Gasteiger partial charge in [-0.3, -0.25) is 4.79 Å². The summed E-state index contributed by atoms with van der Waals surface area (Å²) in [5.41, 5.74) is 1.77. The van der Waals surface area contributed by atoms with Crippen LogP contribution in [-0.2, 0) is 11.2 Å². The van der Waals surface area contributed by atoms with E-state index < -0.39 is 0 Å². The lowest BCUT2D eigenvalue weighted by molar-refractivity contribution is -0.118. The molecule has 116 valence electrons. The summed E-state index contributed by atoms with van der Waals surface area (Å²) in [7, 11) is 1.54. The summed E-state index contributed by atoms with van der Waals surface area (Å²) in [6.07, 6.45) is 0.924. The van der Waals surface area contributed by atoms with Crippen molar-refractivity contribution in [2.75, 3.05) is 19.0 Å². The predicted octanol–water partition coefficient (Wildman–Crippen LogP) is 3.93. The Kier molecular flexibility index (Phi) is 5.67. The van der Waals surface area contributed by atoms with Crippen LogP contribution in [0.25, 0.3) is 0 Å². The average Bonchev–Trinajstić information content (AvgIpc) is 2.53. The molecule has 4 nitrogen and oxygen atoms in total. The molecular formula is C17H18ClNO3. The number of hydrogen-bond donors (Lipinski definition) is 1. The summed E-state index contributed by atoms with van der Waals surface area (Å²) in [6.45, 7) is 2.01. The van der Waals surface area contributed by atoms with Crippen LogP contribution in [0.3, 0.4) is 0 Å². The van der Waals surface area contributed by atoms with Crippen molar-refractivity contribution in [2.45, 2.75) is 13.3 Å². The molecule has 1 amide bonds. The van der Waals surface area contributed by atoms with Crippen molar-refractivity contribution in [3.63, 3.8) is 0 Å². The van der Waals surface area contributed by atoms with E-state index in [0.717, 1.165) is 6.42 Å². The Morgan fingerprint density at radius 3 is 2.73 bits per heavy atom. The molecule has 0 saturated heterocycles. The smallest absolute Gasteiger partial charge is 0.262 e. The Bertz CT molecular complexity index is 658. The highest BCUT2D eigenvalue weighted by atomic mass is 35.5. The van der Waals surface area contributed by atoms with Gasteiger partial charge in [0.05, 0.1) is 12.1 Å². The fourth-order valence-electron chi connectivity index (χ4n) is 1.95. The number of hydrogen-bond acceptors (Lipinski definition) is 3. The number of carbonyl (C=O) groups excluding carboxylic acids is 1. The van der Waals surface area contributed by atoms with Gasteiger partial charge in [-0.2, -0.15) is 0 Å². The Morgan fingerprint density at radius 1 is 1.23 bits per heavy atom. The third kappa shape index (κ3) is 4.40. The first-order chi connectivity index (χ1) is 10.6. The number of anilines is 1. The summed E-state index contributed by atoms with van der Waals surface area (Å²) in [5, 5.41) is 3.17. The number of rotatable bonds is 6. The molecule has 2 aromatic carbocycles. The molecule has 0 heterocycles. The molecule has 0 saturated carbocycles. The summed E-state index contributed by atoms with van der Waals surface area (Å²) in [6, 6.07) is 12.7. The molecule has 0 bridgehead atoms. The van der Waals surface area contributed by atoms with Crippen molar-refractivity contribution in [2.24, 2.45) is 0 Å². The minimum atomic E-state index is -0.247. The molecule has 0 atom stereocenters. The van der Waals surface area contributed by atoms with Gasteiger partial charge in [0.1, 0.15) is 11.5 Å². The molecule has 0 aliphatic heterocycles. The van der Waals surface area contributed by atoms with Crippen LogP contribution < -0.4 is 14.8 Å². The molecule has 2 rings (SSSR count). The van der Waals surface area contributed by atoms with E-state index in [2.05, 4.69) is 12.2 Å². The van der Waals surface area contributed by atoms with Gasteiger partial charge in [-0.25, -0.2) is 0 Å². The second kappa shape index (κ2) is 7.71. The van der Waals surface area contributed by atoms with Crippen molar-refractivity contribution in [1.82, 2.24) is 0 Å². The van der Waals surface area contributed by atoms with Crippen molar-refractivity contribution >= 4 is 23.2 Å². The highest BCUT2D eigenvalue weighted by molar-refractivity contribution is 6.32. The van der Waals surface area contributed by atoms with E-state index in [-0.39, 0.29) is 12.5 Å². The van der Waals surface area contributed by atoms with Crippen LogP contribution in [0, 0.1) is 0 Å². The highest BCUT2D eigenvalue weighted by Gasteiger charge is 2.07. The highest BCUT2D eigenvalue weighted by Crippen LogP contribution is 2.27. The number of amides is 1. The van der Waals surface area contributed by atoms with Gasteiger partial charge in [0.2, 0.25) is 0 Å². The molecule has 0 spiro atoms. The average molecular weight is 320 g/mol. The topological polar surface area (TPSA) is 47.6 Å². The first-order valence-electron chi connectivity index (χ1n) is 6.97. The number of nitrogens with one attached hydrogen (secondary N) is 1. The largest absolute Gasteiger partial charge is 0.495 e. The van der Waals surface area contributed by atoms with E-state index in [1.165, 1.54) is 12.7 Å². The lowest BCUT2D eigenvalue weighted by atomic mass is 10.2. The second-order valence-electron chi connectivity index (χ2n) is 4.69. The molecule has 0 aliphatic carbocycles. The number of halogens is 1. The van der Waals surface area contributed by atoms with Gasteiger partial charge in [0, 0.05) is 5.69 Å². The fourth-order valence-corrected chi connectivity index (χ4v) is 2.20. The van der Waals surface area contributed by atoms with Gasteiger partial charge < -0.3 is 14.8 Å². The summed E-state index contributed by atoms with van der Waals surface area (Å²) >= 11 is 6.01. The van der Waals surface area contributed by atoms with Crippen LogP contribution in [0.15, 0.2) is 42.5 Å². The molecule has 0 radical (unpaired) electrons. The van der Waals surface area contributed by atoms with Crippen molar-refractivity contribution < 1.29 is 14.3 Å². The van der Waals surface area contributed by atoms with E-state index >= 15 is 0 Å².